The van der Waals surface area contributed by atoms with Gasteiger partial charge in [-0.05, 0) is 60.4 Å². The van der Waals surface area contributed by atoms with E-state index in [0.29, 0.717) is 11.5 Å². The number of benzene rings is 6. The topological polar surface area (TPSA) is 35.5 Å². The molecule has 0 N–H and O–H groups in total. The monoisotopic (exact) mass is 602 g/mol. The van der Waals surface area contributed by atoms with Gasteiger partial charge < -0.3 is 9.47 Å². The van der Waals surface area contributed by atoms with Crippen LogP contribution in [0.15, 0.2) is 182 Å². The maximum atomic E-state index is 15.8. The third-order valence-corrected chi connectivity index (χ3v) is 9.05. The summed E-state index contributed by atoms with van der Waals surface area (Å²) < 4.78 is 13.8. The molecule has 2 atom stereocenters. The maximum Gasteiger partial charge on any atom is 0.216 e. The molecular formula is C43H38O3. The normalized spacial score (nSPS) is 12.9. The summed E-state index contributed by atoms with van der Waals surface area (Å²) in [6.45, 7) is 4.20. The Balaban J connectivity index is 1.61. The van der Waals surface area contributed by atoms with Gasteiger partial charge in [-0.25, -0.2) is 0 Å². The van der Waals surface area contributed by atoms with E-state index in [0.717, 1.165) is 22.3 Å². The van der Waals surface area contributed by atoms with Crippen LogP contribution in [0.3, 0.4) is 0 Å². The zero-order valence-electron chi connectivity index (χ0n) is 26.2. The van der Waals surface area contributed by atoms with E-state index >= 15 is 4.79 Å². The van der Waals surface area contributed by atoms with Crippen molar-refractivity contribution in [1.29, 1.82) is 0 Å². The zero-order valence-corrected chi connectivity index (χ0v) is 26.2. The van der Waals surface area contributed by atoms with Crippen molar-refractivity contribution < 1.29 is 14.3 Å². The van der Waals surface area contributed by atoms with E-state index in [1.807, 2.05) is 133 Å². The predicted molar refractivity (Wildman–Crippen MR) is 185 cm³/mol. The van der Waals surface area contributed by atoms with Crippen molar-refractivity contribution in [2.75, 3.05) is 0 Å². The second kappa shape index (κ2) is 13.7. The standard InChI is InChI=1S/C43H38O3/c1-42(33-21-9-3-10-22-33,34-23-11-4-12-24-34)40(45-37-29-17-7-18-30-37)39(44)41(46-38-31-19-8-20-32-38)43(2,35-25-13-5-14-26-35)36-27-15-6-16-28-36/h3-32,40-41H,1-2H3. The summed E-state index contributed by atoms with van der Waals surface area (Å²) in [6.07, 6.45) is -1.94. The van der Waals surface area contributed by atoms with Gasteiger partial charge >= 0.3 is 0 Å². The first-order valence-corrected chi connectivity index (χ1v) is 15.7. The van der Waals surface area contributed by atoms with E-state index in [4.69, 9.17) is 9.47 Å². The molecule has 0 saturated carbocycles. The van der Waals surface area contributed by atoms with Crippen molar-refractivity contribution in [3.63, 3.8) is 0 Å². The number of Topliss-reactive ketones (excluding diaryl/α,β-unsaturated/α-hetero) is 1. The van der Waals surface area contributed by atoms with Crippen LogP contribution >= 0.6 is 0 Å². The minimum Gasteiger partial charge on any atom is -0.481 e. The minimum absolute atomic E-state index is 0.168. The molecule has 0 aliphatic rings. The highest BCUT2D eigenvalue weighted by Crippen LogP contribution is 2.43. The number of rotatable bonds is 12. The molecule has 0 radical (unpaired) electrons. The van der Waals surface area contributed by atoms with Gasteiger partial charge in [-0.1, -0.05) is 158 Å². The molecular weight excluding hydrogens is 564 g/mol. The first-order valence-electron chi connectivity index (χ1n) is 15.7. The Bertz CT molecular complexity index is 1590. The lowest BCUT2D eigenvalue weighted by Gasteiger charge is -2.43. The molecule has 0 spiro atoms. The quantitative estimate of drug-likeness (QED) is 0.140. The molecule has 0 saturated heterocycles. The van der Waals surface area contributed by atoms with Crippen LogP contribution in [0.5, 0.6) is 11.5 Å². The number of ether oxygens (including phenoxy) is 2. The van der Waals surface area contributed by atoms with Crippen LogP contribution in [0.2, 0.25) is 0 Å². The van der Waals surface area contributed by atoms with E-state index < -0.39 is 23.0 Å². The highest BCUT2D eigenvalue weighted by atomic mass is 16.5. The molecule has 0 heterocycles. The molecule has 0 bridgehead atoms. The first-order chi connectivity index (χ1) is 22.5. The molecule has 2 unspecified atom stereocenters. The van der Waals surface area contributed by atoms with Crippen LogP contribution in [0.25, 0.3) is 0 Å². The summed E-state index contributed by atoms with van der Waals surface area (Å²) in [7, 11) is 0. The van der Waals surface area contributed by atoms with Gasteiger partial charge in [0.25, 0.3) is 0 Å². The van der Waals surface area contributed by atoms with Crippen molar-refractivity contribution in [3.8, 4) is 11.5 Å². The zero-order chi connectivity index (χ0) is 31.8. The van der Waals surface area contributed by atoms with E-state index in [1.165, 1.54) is 0 Å². The van der Waals surface area contributed by atoms with E-state index in [1.54, 1.807) is 0 Å². The summed E-state index contributed by atoms with van der Waals surface area (Å²) >= 11 is 0. The Morgan fingerprint density at radius 2 is 0.609 bits per heavy atom. The highest BCUT2D eigenvalue weighted by Gasteiger charge is 2.52. The van der Waals surface area contributed by atoms with Crippen molar-refractivity contribution >= 4 is 5.78 Å². The molecule has 0 fully saturated rings. The second-order valence-electron chi connectivity index (χ2n) is 11.9. The van der Waals surface area contributed by atoms with Crippen molar-refractivity contribution in [2.24, 2.45) is 0 Å². The molecule has 0 aliphatic heterocycles. The number of hydrogen-bond acceptors (Lipinski definition) is 3. The van der Waals surface area contributed by atoms with Crippen LogP contribution < -0.4 is 9.47 Å². The third-order valence-electron chi connectivity index (χ3n) is 9.05. The second-order valence-corrected chi connectivity index (χ2v) is 11.9. The SMILES string of the molecule is CC(c1ccccc1)(c1ccccc1)C(Oc1ccccc1)C(=O)C(Oc1ccccc1)C(C)(c1ccccc1)c1ccccc1. The molecule has 3 nitrogen and oxygen atoms in total. The Morgan fingerprint density at radius 3 is 0.848 bits per heavy atom. The number of carbonyl (C=O) groups is 1. The summed E-state index contributed by atoms with van der Waals surface area (Å²) in [5.74, 6) is 1.05. The lowest BCUT2D eigenvalue weighted by molar-refractivity contribution is -0.137. The Hall–Kier alpha value is -5.41. The Labute approximate surface area is 272 Å². The first kappa shape index (κ1) is 30.6. The fraction of sp³-hybridized carbons (Fsp3) is 0.140. The Kier molecular flexibility index (Phi) is 9.12. The average molecular weight is 603 g/mol. The predicted octanol–water partition coefficient (Wildman–Crippen LogP) is 9.46. The van der Waals surface area contributed by atoms with Gasteiger partial charge in [0.1, 0.15) is 11.5 Å². The molecule has 3 heteroatoms. The lowest BCUT2D eigenvalue weighted by atomic mass is 9.65. The third kappa shape index (κ3) is 6.09. The van der Waals surface area contributed by atoms with Gasteiger partial charge in [-0.15, -0.1) is 0 Å². The minimum atomic E-state index is -0.972. The molecule has 6 aromatic rings. The van der Waals surface area contributed by atoms with Crippen LogP contribution in [0.1, 0.15) is 36.1 Å². The van der Waals surface area contributed by atoms with Crippen molar-refractivity contribution in [1.82, 2.24) is 0 Å². The highest BCUT2D eigenvalue weighted by molar-refractivity contribution is 5.92. The molecule has 46 heavy (non-hydrogen) atoms. The maximum absolute atomic E-state index is 15.8. The number of para-hydroxylation sites is 2. The van der Waals surface area contributed by atoms with Gasteiger partial charge in [0.15, 0.2) is 12.2 Å². The van der Waals surface area contributed by atoms with Crippen LogP contribution in [-0.2, 0) is 15.6 Å². The van der Waals surface area contributed by atoms with Gasteiger partial charge in [-0.2, -0.15) is 0 Å². The van der Waals surface area contributed by atoms with Gasteiger partial charge in [0, 0.05) is 0 Å². The van der Waals surface area contributed by atoms with Crippen LogP contribution in [0, 0.1) is 0 Å². The number of hydrogen-bond donors (Lipinski definition) is 0. The van der Waals surface area contributed by atoms with E-state index in [2.05, 4.69) is 62.4 Å². The van der Waals surface area contributed by atoms with Gasteiger partial charge in [0.2, 0.25) is 5.78 Å². The fourth-order valence-corrected chi connectivity index (χ4v) is 6.41. The summed E-state index contributed by atoms with van der Waals surface area (Å²) in [4.78, 5) is 15.8. The van der Waals surface area contributed by atoms with Gasteiger partial charge in [-0.3, -0.25) is 4.79 Å². The van der Waals surface area contributed by atoms with Crippen LogP contribution in [0.4, 0.5) is 0 Å². The van der Waals surface area contributed by atoms with E-state index in [-0.39, 0.29) is 5.78 Å². The van der Waals surface area contributed by atoms with Gasteiger partial charge in [0.05, 0.1) is 10.8 Å². The van der Waals surface area contributed by atoms with Crippen molar-refractivity contribution in [3.05, 3.63) is 204 Å². The number of carbonyl (C=O) groups excluding carboxylic acids is 1. The summed E-state index contributed by atoms with van der Waals surface area (Å²) in [6, 6.07) is 59.8. The fourth-order valence-electron chi connectivity index (χ4n) is 6.41. The molecule has 228 valence electrons. The molecule has 6 rings (SSSR count). The van der Waals surface area contributed by atoms with E-state index in [9.17, 15) is 0 Å². The number of ketones is 1. The largest absolute Gasteiger partial charge is 0.481 e. The molecule has 0 aromatic heterocycles. The average Bonchev–Trinajstić information content (AvgIpc) is 3.14. The lowest BCUT2D eigenvalue weighted by Crippen LogP contribution is -2.57. The summed E-state index contributed by atoms with van der Waals surface area (Å²) in [5, 5.41) is 0. The molecule has 0 aliphatic carbocycles. The molecule has 0 amide bonds. The summed E-state index contributed by atoms with van der Waals surface area (Å²) in [5.41, 5.74) is 2.10. The van der Waals surface area contributed by atoms with Crippen LogP contribution in [-0.4, -0.2) is 18.0 Å². The Morgan fingerprint density at radius 1 is 0.391 bits per heavy atom. The van der Waals surface area contributed by atoms with Crippen molar-refractivity contribution in [2.45, 2.75) is 36.9 Å². The molecule has 6 aromatic carbocycles. The smallest absolute Gasteiger partial charge is 0.216 e.